The highest BCUT2D eigenvalue weighted by Gasteiger charge is 2.20. The van der Waals surface area contributed by atoms with Gasteiger partial charge in [0.05, 0.1) is 18.1 Å². The van der Waals surface area contributed by atoms with Crippen molar-refractivity contribution < 1.29 is 9.66 Å². The first-order valence-electron chi connectivity index (χ1n) is 6.63. The third-order valence-electron chi connectivity index (χ3n) is 3.44. The van der Waals surface area contributed by atoms with E-state index < -0.39 is 4.92 Å². The standard InChI is InChI=1S/C14H18N4O3/c1-10(17-14(15)13(9-16-17)18(19)20)3-4-11-5-7-12(21-2)8-6-11/h5-10H,3-4,15H2,1-2H3. The van der Waals surface area contributed by atoms with Crippen LogP contribution in [0, 0.1) is 10.1 Å². The third kappa shape index (κ3) is 3.31. The van der Waals surface area contributed by atoms with Crippen molar-refractivity contribution in [3.05, 3.63) is 46.1 Å². The molecule has 1 aromatic carbocycles. The number of benzene rings is 1. The number of nitrogen functional groups attached to an aromatic ring is 1. The highest BCUT2D eigenvalue weighted by Crippen LogP contribution is 2.25. The normalized spacial score (nSPS) is 12.1. The van der Waals surface area contributed by atoms with Crippen LogP contribution in [0.2, 0.25) is 0 Å². The zero-order chi connectivity index (χ0) is 15.4. The molecular weight excluding hydrogens is 272 g/mol. The molecule has 1 atom stereocenters. The summed E-state index contributed by atoms with van der Waals surface area (Å²) in [6, 6.07) is 7.81. The fourth-order valence-electron chi connectivity index (χ4n) is 2.14. The first-order valence-corrected chi connectivity index (χ1v) is 6.63. The van der Waals surface area contributed by atoms with E-state index in [2.05, 4.69) is 5.10 Å². The van der Waals surface area contributed by atoms with E-state index in [4.69, 9.17) is 10.5 Å². The second kappa shape index (κ2) is 6.25. The molecule has 0 aliphatic carbocycles. The number of nitrogens with zero attached hydrogens (tertiary/aromatic N) is 3. The molecule has 0 bridgehead atoms. The van der Waals surface area contributed by atoms with Gasteiger partial charge in [0.25, 0.3) is 0 Å². The number of methoxy groups -OCH3 is 1. The lowest BCUT2D eigenvalue weighted by atomic mass is 10.1. The van der Waals surface area contributed by atoms with Crippen LogP contribution < -0.4 is 10.5 Å². The van der Waals surface area contributed by atoms with E-state index in [1.807, 2.05) is 31.2 Å². The molecule has 0 aliphatic heterocycles. The van der Waals surface area contributed by atoms with Gasteiger partial charge >= 0.3 is 5.69 Å². The average Bonchev–Trinajstić information content (AvgIpc) is 2.87. The molecule has 21 heavy (non-hydrogen) atoms. The zero-order valence-electron chi connectivity index (χ0n) is 12.0. The number of nitrogens with two attached hydrogens (primary N) is 1. The smallest absolute Gasteiger partial charge is 0.330 e. The van der Waals surface area contributed by atoms with Gasteiger partial charge in [0.15, 0.2) is 0 Å². The number of anilines is 1. The number of aryl methyl sites for hydroxylation is 1. The maximum Gasteiger partial charge on any atom is 0.330 e. The molecule has 0 fully saturated rings. The molecule has 112 valence electrons. The number of hydrogen-bond donors (Lipinski definition) is 1. The zero-order valence-corrected chi connectivity index (χ0v) is 12.0. The van der Waals surface area contributed by atoms with Crippen LogP contribution in [0.4, 0.5) is 11.5 Å². The summed E-state index contributed by atoms with van der Waals surface area (Å²) in [4.78, 5) is 10.2. The molecule has 2 rings (SSSR count). The maximum atomic E-state index is 10.8. The van der Waals surface area contributed by atoms with Crippen molar-refractivity contribution in [1.82, 2.24) is 9.78 Å². The van der Waals surface area contributed by atoms with Crippen molar-refractivity contribution in [1.29, 1.82) is 0 Å². The van der Waals surface area contributed by atoms with E-state index in [0.29, 0.717) is 0 Å². The Morgan fingerprint density at radius 3 is 2.62 bits per heavy atom. The lowest BCUT2D eigenvalue weighted by molar-refractivity contribution is -0.384. The summed E-state index contributed by atoms with van der Waals surface area (Å²) in [7, 11) is 1.63. The summed E-state index contributed by atoms with van der Waals surface area (Å²) in [6.07, 6.45) is 2.81. The van der Waals surface area contributed by atoms with E-state index in [9.17, 15) is 10.1 Å². The number of ether oxygens (including phenoxy) is 1. The van der Waals surface area contributed by atoms with Crippen molar-refractivity contribution in [2.24, 2.45) is 0 Å². The topological polar surface area (TPSA) is 96.2 Å². The molecule has 1 unspecified atom stereocenters. The van der Waals surface area contributed by atoms with Crippen molar-refractivity contribution in [3.63, 3.8) is 0 Å². The Kier molecular flexibility index (Phi) is 4.42. The Morgan fingerprint density at radius 2 is 2.10 bits per heavy atom. The largest absolute Gasteiger partial charge is 0.497 e. The predicted molar refractivity (Wildman–Crippen MR) is 79.3 cm³/mol. The average molecular weight is 290 g/mol. The second-order valence-corrected chi connectivity index (χ2v) is 4.85. The van der Waals surface area contributed by atoms with Crippen LogP contribution in [-0.4, -0.2) is 21.8 Å². The van der Waals surface area contributed by atoms with Gasteiger partial charge in [-0.2, -0.15) is 5.10 Å². The number of rotatable bonds is 6. The van der Waals surface area contributed by atoms with Gasteiger partial charge in [0, 0.05) is 0 Å². The monoisotopic (exact) mass is 290 g/mol. The molecule has 2 N–H and O–H groups in total. The summed E-state index contributed by atoms with van der Waals surface area (Å²) in [5.74, 6) is 0.918. The Bertz CT molecular complexity index is 622. The van der Waals surface area contributed by atoms with Crippen molar-refractivity contribution in [2.75, 3.05) is 12.8 Å². The minimum atomic E-state index is -0.519. The van der Waals surface area contributed by atoms with Crippen LogP contribution >= 0.6 is 0 Å². The van der Waals surface area contributed by atoms with Gasteiger partial charge in [-0.15, -0.1) is 0 Å². The van der Waals surface area contributed by atoms with Crippen LogP contribution in [0.25, 0.3) is 0 Å². The number of nitro groups is 1. The molecule has 1 heterocycles. The lowest BCUT2D eigenvalue weighted by Gasteiger charge is -2.13. The van der Waals surface area contributed by atoms with Crippen LogP contribution in [0.5, 0.6) is 5.75 Å². The summed E-state index contributed by atoms with van der Waals surface area (Å²) in [5.41, 5.74) is 6.78. The molecule has 1 aromatic heterocycles. The van der Waals surface area contributed by atoms with Crippen LogP contribution in [0.1, 0.15) is 24.9 Å². The lowest BCUT2D eigenvalue weighted by Crippen LogP contribution is -2.11. The van der Waals surface area contributed by atoms with Crippen LogP contribution in [0.15, 0.2) is 30.5 Å². The highest BCUT2D eigenvalue weighted by atomic mass is 16.6. The van der Waals surface area contributed by atoms with Gasteiger partial charge in [0.2, 0.25) is 5.82 Å². The molecule has 0 spiro atoms. The van der Waals surface area contributed by atoms with Crippen LogP contribution in [0.3, 0.4) is 0 Å². The minimum Gasteiger partial charge on any atom is -0.497 e. The summed E-state index contributed by atoms with van der Waals surface area (Å²) in [5, 5.41) is 14.8. The van der Waals surface area contributed by atoms with Crippen molar-refractivity contribution >= 4 is 11.5 Å². The first kappa shape index (κ1) is 14.8. The summed E-state index contributed by atoms with van der Waals surface area (Å²) < 4.78 is 6.61. The van der Waals surface area contributed by atoms with Gasteiger partial charge in [-0.05, 0) is 37.5 Å². The Labute approximate surface area is 122 Å². The van der Waals surface area contributed by atoms with Gasteiger partial charge in [-0.3, -0.25) is 10.1 Å². The van der Waals surface area contributed by atoms with Gasteiger partial charge in [-0.1, -0.05) is 12.1 Å². The van der Waals surface area contributed by atoms with Gasteiger partial charge < -0.3 is 10.5 Å². The van der Waals surface area contributed by atoms with E-state index in [-0.39, 0.29) is 17.5 Å². The molecule has 0 saturated heterocycles. The van der Waals surface area contributed by atoms with E-state index in [0.717, 1.165) is 18.6 Å². The van der Waals surface area contributed by atoms with Gasteiger partial charge in [-0.25, -0.2) is 4.68 Å². The summed E-state index contributed by atoms with van der Waals surface area (Å²) >= 11 is 0. The van der Waals surface area contributed by atoms with Crippen molar-refractivity contribution in [3.8, 4) is 5.75 Å². The quantitative estimate of drug-likeness (QED) is 0.651. The molecular formula is C14H18N4O3. The number of hydrogen-bond acceptors (Lipinski definition) is 5. The maximum absolute atomic E-state index is 10.8. The summed E-state index contributed by atoms with van der Waals surface area (Å²) in [6.45, 7) is 1.94. The highest BCUT2D eigenvalue weighted by molar-refractivity contribution is 5.51. The molecule has 0 amide bonds. The predicted octanol–water partition coefficient (Wildman–Crippen LogP) is 2.58. The fraction of sp³-hybridized carbons (Fsp3) is 0.357. The van der Waals surface area contributed by atoms with E-state index >= 15 is 0 Å². The molecule has 7 heteroatoms. The number of aromatic nitrogens is 2. The molecule has 0 saturated carbocycles. The Morgan fingerprint density at radius 1 is 1.43 bits per heavy atom. The van der Waals surface area contributed by atoms with E-state index in [1.165, 1.54) is 16.4 Å². The van der Waals surface area contributed by atoms with Crippen molar-refractivity contribution in [2.45, 2.75) is 25.8 Å². The SMILES string of the molecule is COc1ccc(CCC(C)n2ncc([N+](=O)[O-])c2N)cc1. The third-order valence-corrected chi connectivity index (χ3v) is 3.44. The molecule has 2 aromatic rings. The van der Waals surface area contributed by atoms with E-state index in [1.54, 1.807) is 7.11 Å². The van der Waals surface area contributed by atoms with Gasteiger partial charge in [0.1, 0.15) is 11.9 Å². The second-order valence-electron chi connectivity index (χ2n) is 4.85. The molecule has 0 radical (unpaired) electrons. The first-order chi connectivity index (χ1) is 10.0. The van der Waals surface area contributed by atoms with Crippen LogP contribution in [-0.2, 0) is 6.42 Å². The Balaban J connectivity index is 2.01. The molecule has 0 aliphatic rings. The Hall–Kier alpha value is -2.57. The minimum absolute atomic E-state index is 0.0131. The fourth-order valence-corrected chi connectivity index (χ4v) is 2.14. The molecule has 7 nitrogen and oxygen atoms in total.